The van der Waals surface area contributed by atoms with Crippen molar-refractivity contribution in [3.05, 3.63) is 29.8 Å². The van der Waals surface area contributed by atoms with Gasteiger partial charge in [-0.25, -0.2) is 0 Å². The first-order valence-electron chi connectivity index (χ1n) is 7.45. The van der Waals surface area contributed by atoms with E-state index in [1.54, 1.807) is 7.11 Å². The number of rotatable bonds is 6. The van der Waals surface area contributed by atoms with Crippen LogP contribution in [0.15, 0.2) is 24.3 Å². The molecule has 0 aliphatic heterocycles. The summed E-state index contributed by atoms with van der Waals surface area (Å²) in [5.41, 5.74) is 0.123. The normalized spacial score (nSPS) is 15.1. The molecule has 2 unspecified atom stereocenters. The maximum absolute atomic E-state index is 10.9. The highest BCUT2D eigenvalue weighted by Gasteiger charge is 2.34. The maximum Gasteiger partial charge on any atom is 0.119 e. The van der Waals surface area contributed by atoms with Gasteiger partial charge in [0.2, 0.25) is 0 Å². The molecule has 3 nitrogen and oxygen atoms in total. The molecule has 0 radical (unpaired) electrons. The number of methoxy groups -OCH3 is 1. The van der Waals surface area contributed by atoms with Gasteiger partial charge >= 0.3 is 0 Å². The highest BCUT2D eigenvalue weighted by Crippen LogP contribution is 2.34. The zero-order valence-electron chi connectivity index (χ0n) is 14.1. The van der Waals surface area contributed by atoms with Crippen LogP contribution in [0.3, 0.4) is 0 Å². The van der Waals surface area contributed by atoms with E-state index in [1.165, 1.54) is 0 Å². The standard InChI is InChI=1S/C15H25NO2.C2H6/c1-6-15(17,12(2)11-16(3)4)13-8-7-9-14(10-13)18-5;1-2/h7-10,12,17H,6,11H2,1-5H3;1-2H3. The third-order valence-electron chi connectivity index (χ3n) is 3.56. The fourth-order valence-electron chi connectivity index (χ4n) is 2.43. The number of hydrogen-bond acceptors (Lipinski definition) is 3. The van der Waals surface area contributed by atoms with Crippen molar-refractivity contribution in [2.45, 2.75) is 39.7 Å². The lowest BCUT2D eigenvalue weighted by atomic mass is 9.80. The summed E-state index contributed by atoms with van der Waals surface area (Å²) in [4.78, 5) is 2.10. The Kier molecular flexibility index (Phi) is 8.51. The Labute approximate surface area is 124 Å². The fourth-order valence-corrected chi connectivity index (χ4v) is 2.43. The second-order valence-corrected chi connectivity index (χ2v) is 5.17. The minimum Gasteiger partial charge on any atom is -0.497 e. The second kappa shape index (κ2) is 8.98. The Balaban J connectivity index is 0.00000172. The molecule has 0 heterocycles. The van der Waals surface area contributed by atoms with Crippen molar-refractivity contribution in [3.8, 4) is 5.75 Å². The smallest absolute Gasteiger partial charge is 0.119 e. The summed E-state index contributed by atoms with van der Waals surface area (Å²) in [6.45, 7) is 8.95. The van der Waals surface area contributed by atoms with Crippen molar-refractivity contribution in [1.82, 2.24) is 4.90 Å². The van der Waals surface area contributed by atoms with Crippen LogP contribution >= 0.6 is 0 Å². The first-order chi connectivity index (χ1) is 9.43. The largest absolute Gasteiger partial charge is 0.497 e. The Morgan fingerprint density at radius 3 is 2.35 bits per heavy atom. The van der Waals surface area contributed by atoms with Crippen LogP contribution in [-0.4, -0.2) is 37.8 Å². The lowest BCUT2D eigenvalue weighted by Gasteiger charge is -2.35. The molecule has 0 bridgehead atoms. The molecule has 116 valence electrons. The van der Waals surface area contributed by atoms with Crippen molar-refractivity contribution in [2.75, 3.05) is 27.7 Å². The van der Waals surface area contributed by atoms with Gasteiger partial charge in [-0.05, 0) is 38.2 Å². The zero-order valence-corrected chi connectivity index (χ0v) is 14.1. The van der Waals surface area contributed by atoms with Gasteiger partial charge in [0.05, 0.1) is 12.7 Å². The van der Waals surface area contributed by atoms with Gasteiger partial charge in [0, 0.05) is 12.5 Å². The molecule has 0 aromatic heterocycles. The monoisotopic (exact) mass is 281 g/mol. The number of hydrogen-bond donors (Lipinski definition) is 1. The lowest BCUT2D eigenvalue weighted by molar-refractivity contribution is -0.0293. The second-order valence-electron chi connectivity index (χ2n) is 5.17. The summed E-state index contributed by atoms with van der Waals surface area (Å²) in [5.74, 6) is 0.945. The molecule has 0 spiro atoms. The summed E-state index contributed by atoms with van der Waals surface area (Å²) in [7, 11) is 5.70. The van der Waals surface area contributed by atoms with E-state index >= 15 is 0 Å². The zero-order chi connectivity index (χ0) is 15.8. The van der Waals surface area contributed by atoms with Crippen LogP contribution in [0.1, 0.15) is 39.7 Å². The first-order valence-corrected chi connectivity index (χ1v) is 7.45. The summed E-state index contributed by atoms with van der Waals surface area (Å²) < 4.78 is 5.23. The predicted molar refractivity (Wildman–Crippen MR) is 86.2 cm³/mol. The summed E-state index contributed by atoms with van der Waals surface area (Å²) in [5, 5.41) is 10.9. The minimum absolute atomic E-state index is 0.157. The number of benzene rings is 1. The minimum atomic E-state index is -0.807. The molecule has 3 heteroatoms. The quantitative estimate of drug-likeness (QED) is 0.866. The number of ether oxygens (including phenoxy) is 1. The third-order valence-corrected chi connectivity index (χ3v) is 3.56. The topological polar surface area (TPSA) is 32.7 Å². The molecule has 1 aromatic carbocycles. The molecular weight excluding hydrogens is 250 g/mol. The van der Waals surface area contributed by atoms with Crippen molar-refractivity contribution < 1.29 is 9.84 Å². The summed E-state index contributed by atoms with van der Waals surface area (Å²) >= 11 is 0. The molecule has 0 amide bonds. The van der Waals surface area contributed by atoms with Gasteiger partial charge in [-0.1, -0.05) is 39.8 Å². The fraction of sp³-hybridized carbons (Fsp3) is 0.647. The van der Waals surface area contributed by atoms with Crippen LogP contribution in [0.25, 0.3) is 0 Å². The van der Waals surface area contributed by atoms with E-state index in [-0.39, 0.29) is 5.92 Å². The van der Waals surface area contributed by atoms with Crippen LogP contribution in [0.4, 0.5) is 0 Å². The molecule has 2 atom stereocenters. The molecular formula is C17H31NO2. The van der Waals surface area contributed by atoms with E-state index in [1.807, 2.05) is 59.1 Å². The molecule has 1 N–H and O–H groups in total. The van der Waals surface area contributed by atoms with E-state index in [9.17, 15) is 5.11 Å². The Morgan fingerprint density at radius 2 is 1.90 bits per heavy atom. The van der Waals surface area contributed by atoms with Crippen molar-refractivity contribution in [1.29, 1.82) is 0 Å². The average molecular weight is 281 g/mol. The van der Waals surface area contributed by atoms with E-state index in [0.29, 0.717) is 6.42 Å². The van der Waals surface area contributed by atoms with Gasteiger partial charge < -0.3 is 14.7 Å². The van der Waals surface area contributed by atoms with Gasteiger partial charge in [0.1, 0.15) is 5.75 Å². The first kappa shape index (κ1) is 18.9. The molecule has 1 aromatic rings. The van der Waals surface area contributed by atoms with E-state index in [0.717, 1.165) is 17.9 Å². The molecule has 0 saturated carbocycles. The van der Waals surface area contributed by atoms with Crippen LogP contribution in [-0.2, 0) is 5.60 Å². The number of nitrogens with zero attached hydrogens (tertiary/aromatic N) is 1. The number of aliphatic hydroxyl groups is 1. The Bertz CT molecular complexity index is 379. The predicted octanol–water partition coefficient (Wildman–Crippen LogP) is 3.52. The third kappa shape index (κ3) is 4.80. The van der Waals surface area contributed by atoms with E-state index < -0.39 is 5.60 Å². The van der Waals surface area contributed by atoms with Gasteiger partial charge in [-0.2, -0.15) is 0 Å². The maximum atomic E-state index is 10.9. The van der Waals surface area contributed by atoms with Gasteiger partial charge in [-0.15, -0.1) is 0 Å². The summed E-state index contributed by atoms with van der Waals surface area (Å²) in [6, 6.07) is 7.72. The summed E-state index contributed by atoms with van der Waals surface area (Å²) in [6.07, 6.45) is 0.690. The van der Waals surface area contributed by atoms with Crippen molar-refractivity contribution in [3.63, 3.8) is 0 Å². The average Bonchev–Trinajstić information content (AvgIpc) is 2.47. The molecule has 20 heavy (non-hydrogen) atoms. The molecule has 0 aliphatic rings. The highest BCUT2D eigenvalue weighted by molar-refractivity contribution is 5.32. The van der Waals surface area contributed by atoms with Gasteiger partial charge in [0.25, 0.3) is 0 Å². The van der Waals surface area contributed by atoms with E-state index in [2.05, 4.69) is 11.8 Å². The molecule has 0 saturated heterocycles. The molecule has 1 rings (SSSR count). The van der Waals surface area contributed by atoms with Crippen LogP contribution < -0.4 is 4.74 Å². The highest BCUT2D eigenvalue weighted by atomic mass is 16.5. The van der Waals surface area contributed by atoms with Crippen molar-refractivity contribution in [2.24, 2.45) is 5.92 Å². The van der Waals surface area contributed by atoms with Crippen LogP contribution in [0, 0.1) is 5.92 Å². The SMILES string of the molecule is CC.CCC(O)(c1cccc(OC)c1)C(C)CN(C)C. The van der Waals surface area contributed by atoms with Crippen molar-refractivity contribution >= 4 is 0 Å². The lowest BCUT2D eigenvalue weighted by Crippen LogP contribution is -2.38. The van der Waals surface area contributed by atoms with Crippen LogP contribution in [0.5, 0.6) is 5.75 Å². The molecule has 0 fully saturated rings. The van der Waals surface area contributed by atoms with Crippen LogP contribution in [0.2, 0.25) is 0 Å². The molecule has 0 aliphatic carbocycles. The Hall–Kier alpha value is -1.06. The van der Waals surface area contributed by atoms with Gasteiger partial charge in [-0.3, -0.25) is 0 Å². The van der Waals surface area contributed by atoms with Gasteiger partial charge in [0.15, 0.2) is 0 Å². The van der Waals surface area contributed by atoms with E-state index in [4.69, 9.17) is 4.74 Å². The Morgan fingerprint density at radius 1 is 1.30 bits per heavy atom.